The minimum atomic E-state index is -0.763. The molecule has 1 aromatic rings. The Hall–Kier alpha value is -1.98. The first-order valence-electron chi connectivity index (χ1n) is 7.94. The molecule has 23 heavy (non-hydrogen) atoms. The predicted octanol–water partition coefficient (Wildman–Crippen LogP) is 2.12. The normalized spacial score (nSPS) is 24.6. The summed E-state index contributed by atoms with van der Waals surface area (Å²) in [7, 11) is 1.75. The van der Waals surface area contributed by atoms with Gasteiger partial charge < -0.3 is 9.80 Å². The Labute approximate surface area is 134 Å². The molecule has 0 aliphatic carbocycles. The Bertz CT molecular complexity index is 649. The maximum atomic E-state index is 13.8. The van der Waals surface area contributed by atoms with Crippen LogP contribution in [-0.4, -0.2) is 47.3 Å². The molecule has 1 spiro atoms. The first-order chi connectivity index (χ1) is 10.9. The lowest BCUT2D eigenvalue weighted by atomic mass is 9.85. The van der Waals surface area contributed by atoms with Crippen LogP contribution in [0, 0.1) is 11.6 Å². The molecular weight excluding hydrogens is 302 g/mol. The molecule has 0 N–H and O–H groups in total. The van der Waals surface area contributed by atoms with Crippen molar-refractivity contribution in [2.24, 2.45) is 0 Å². The molecule has 124 valence electrons. The second-order valence-corrected chi connectivity index (χ2v) is 6.42. The van der Waals surface area contributed by atoms with Gasteiger partial charge in [0.1, 0.15) is 17.2 Å². The third kappa shape index (κ3) is 2.71. The van der Waals surface area contributed by atoms with E-state index in [9.17, 15) is 18.4 Å². The number of hydrogen-bond donors (Lipinski definition) is 0. The first-order valence-corrected chi connectivity index (χ1v) is 7.94. The molecule has 3 rings (SSSR count). The number of rotatable bonds is 2. The van der Waals surface area contributed by atoms with Crippen molar-refractivity contribution in [2.75, 3.05) is 20.1 Å². The van der Waals surface area contributed by atoms with E-state index in [1.165, 1.54) is 6.07 Å². The molecule has 2 amide bonds. The van der Waals surface area contributed by atoms with Gasteiger partial charge in [-0.15, -0.1) is 0 Å². The molecular formula is C17H20F2N2O2. The summed E-state index contributed by atoms with van der Waals surface area (Å²) in [6, 6.07) is 3.22. The SMILES string of the molecule is CN1CCCC2(CCCN2C(=O)Cc2ccc(F)cc2F)C1=O. The third-order valence-corrected chi connectivity index (χ3v) is 4.98. The van der Waals surface area contributed by atoms with Crippen LogP contribution in [0.5, 0.6) is 0 Å². The fraction of sp³-hybridized carbons (Fsp3) is 0.529. The Kier molecular flexibility index (Phi) is 4.08. The van der Waals surface area contributed by atoms with Crippen molar-refractivity contribution in [3.8, 4) is 0 Å². The zero-order chi connectivity index (χ0) is 16.6. The highest BCUT2D eigenvalue weighted by atomic mass is 19.1. The molecule has 2 aliphatic rings. The standard InChI is InChI=1S/C17H20F2N2O2/c1-20-8-2-6-17(16(20)23)7-3-9-21(17)15(22)10-12-4-5-13(18)11-14(12)19/h4-5,11H,2-3,6-10H2,1H3. The van der Waals surface area contributed by atoms with Crippen LogP contribution in [0.15, 0.2) is 18.2 Å². The van der Waals surface area contributed by atoms with Gasteiger partial charge in [0.15, 0.2) is 0 Å². The van der Waals surface area contributed by atoms with Crippen LogP contribution in [0.1, 0.15) is 31.2 Å². The van der Waals surface area contributed by atoms with Gasteiger partial charge in [0.2, 0.25) is 11.8 Å². The van der Waals surface area contributed by atoms with Crippen LogP contribution in [-0.2, 0) is 16.0 Å². The summed E-state index contributed by atoms with van der Waals surface area (Å²) in [4.78, 5) is 28.6. The smallest absolute Gasteiger partial charge is 0.248 e. The molecule has 6 heteroatoms. The number of nitrogens with zero attached hydrogens (tertiary/aromatic N) is 2. The Morgan fingerprint density at radius 1 is 1.22 bits per heavy atom. The second kappa shape index (κ2) is 5.91. The number of carbonyl (C=O) groups excluding carboxylic acids is 2. The second-order valence-electron chi connectivity index (χ2n) is 6.42. The number of halogens is 2. The van der Waals surface area contributed by atoms with Gasteiger partial charge in [0, 0.05) is 26.2 Å². The molecule has 2 fully saturated rings. The summed E-state index contributed by atoms with van der Waals surface area (Å²) in [6.45, 7) is 1.22. The Morgan fingerprint density at radius 3 is 2.61 bits per heavy atom. The van der Waals surface area contributed by atoms with E-state index < -0.39 is 17.2 Å². The van der Waals surface area contributed by atoms with Crippen LogP contribution in [0.3, 0.4) is 0 Å². The number of carbonyl (C=O) groups is 2. The van der Waals surface area contributed by atoms with E-state index in [0.29, 0.717) is 25.9 Å². The van der Waals surface area contributed by atoms with Crippen molar-refractivity contribution >= 4 is 11.8 Å². The predicted molar refractivity (Wildman–Crippen MR) is 80.6 cm³/mol. The molecule has 1 unspecified atom stereocenters. The lowest BCUT2D eigenvalue weighted by Gasteiger charge is -2.43. The minimum Gasteiger partial charge on any atom is -0.344 e. The van der Waals surface area contributed by atoms with Crippen LogP contribution < -0.4 is 0 Å². The maximum absolute atomic E-state index is 13.8. The molecule has 0 aromatic heterocycles. The summed E-state index contributed by atoms with van der Waals surface area (Å²) in [5, 5.41) is 0. The highest BCUT2D eigenvalue weighted by Gasteiger charge is 2.51. The van der Waals surface area contributed by atoms with Gasteiger partial charge >= 0.3 is 0 Å². The number of hydrogen-bond acceptors (Lipinski definition) is 2. The van der Waals surface area contributed by atoms with E-state index in [-0.39, 0.29) is 23.8 Å². The molecule has 1 aromatic carbocycles. The Morgan fingerprint density at radius 2 is 1.91 bits per heavy atom. The third-order valence-electron chi connectivity index (χ3n) is 4.98. The molecule has 2 aliphatic heterocycles. The van der Waals surface area contributed by atoms with Crippen molar-refractivity contribution < 1.29 is 18.4 Å². The topological polar surface area (TPSA) is 40.6 Å². The molecule has 0 radical (unpaired) electrons. The highest BCUT2D eigenvalue weighted by molar-refractivity contribution is 5.93. The average molecular weight is 322 g/mol. The van der Waals surface area contributed by atoms with Gasteiger partial charge in [-0.05, 0) is 37.3 Å². The van der Waals surface area contributed by atoms with E-state index in [0.717, 1.165) is 25.0 Å². The number of amides is 2. The summed E-state index contributed by atoms with van der Waals surface area (Å²) < 4.78 is 26.8. The van der Waals surface area contributed by atoms with Gasteiger partial charge in [-0.1, -0.05) is 6.07 Å². The van der Waals surface area contributed by atoms with E-state index in [2.05, 4.69) is 0 Å². The van der Waals surface area contributed by atoms with Crippen LogP contribution >= 0.6 is 0 Å². The molecule has 0 bridgehead atoms. The van der Waals surface area contributed by atoms with Gasteiger partial charge in [-0.25, -0.2) is 8.78 Å². The van der Waals surface area contributed by atoms with Gasteiger partial charge in [0.05, 0.1) is 6.42 Å². The number of benzene rings is 1. The van der Waals surface area contributed by atoms with Crippen molar-refractivity contribution in [3.63, 3.8) is 0 Å². The molecule has 0 saturated carbocycles. The summed E-state index contributed by atoms with van der Waals surface area (Å²) in [5.74, 6) is -1.68. The van der Waals surface area contributed by atoms with Gasteiger partial charge in [0.25, 0.3) is 0 Å². The average Bonchev–Trinajstić information content (AvgIpc) is 2.92. The zero-order valence-electron chi connectivity index (χ0n) is 13.1. The lowest BCUT2D eigenvalue weighted by Crippen LogP contribution is -2.60. The number of likely N-dealkylation sites (tertiary alicyclic amines) is 2. The fourth-order valence-corrected chi connectivity index (χ4v) is 3.82. The minimum absolute atomic E-state index is 0.0193. The van der Waals surface area contributed by atoms with Crippen molar-refractivity contribution in [2.45, 2.75) is 37.6 Å². The van der Waals surface area contributed by atoms with E-state index in [4.69, 9.17) is 0 Å². The lowest BCUT2D eigenvalue weighted by molar-refractivity contribution is -0.153. The van der Waals surface area contributed by atoms with Crippen LogP contribution in [0.2, 0.25) is 0 Å². The molecule has 2 heterocycles. The summed E-state index contributed by atoms with van der Waals surface area (Å²) in [5.41, 5.74) is -0.601. The van der Waals surface area contributed by atoms with Crippen molar-refractivity contribution in [3.05, 3.63) is 35.4 Å². The fourth-order valence-electron chi connectivity index (χ4n) is 3.82. The molecule has 4 nitrogen and oxygen atoms in total. The van der Waals surface area contributed by atoms with E-state index in [1.807, 2.05) is 0 Å². The van der Waals surface area contributed by atoms with Gasteiger partial charge in [-0.2, -0.15) is 0 Å². The van der Waals surface area contributed by atoms with E-state index >= 15 is 0 Å². The van der Waals surface area contributed by atoms with Crippen molar-refractivity contribution in [1.29, 1.82) is 0 Å². The molecule has 1 atom stereocenters. The van der Waals surface area contributed by atoms with Crippen LogP contribution in [0.25, 0.3) is 0 Å². The largest absolute Gasteiger partial charge is 0.344 e. The van der Waals surface area contributed by atoms with Crippen LogP contribution in [0.4, 0.5) is 8.78 Å². The van der Waals surface area contributed by atoms with Gasteiger partial charge in [-0.3, -0.25) is 9.59 Å². The summed E-state index contributed by atoms with van der Waals surface area (Å²) in [6.07, 6.45) is 2.81. The van der Waals surface area contributed by atoms with E-state index in [1.54, 1.807) is 16.8 Å². The Balaban J connectivity index is 1.82. The summed E-state index contributed by atoms with van der Waals surface area (Å²) >= 11 is 0. The molecule has 2 saturated heterocycles. The zero-order valence-corrected chi connectivity index (χ0v) is 13.1. The maximum Gasteiger partial charge on any atom is 0.248 e. The number of likely N-dealkylation sites (N-methyl/N-ethyl adjacent to an activating group) is 1. The highest BCUT2D eigenvalue weighted by Crippen LogP contribution is 2.38. The quantitative estimate of drug-likeness (QED) is 0.837. The monoisotopic (exact) mass is 322 g/mol. The number of piperidine rings is 1. The van der Waals surface area contributed by atoms with Crippen molar-refractivity contribution in [1.82, 2.24) is 9.80 Å². The first kappa shape index (κ1) is 15.9.